The van der Waals surface area contributed by atoms with Crippen molar-refractivity contribution >= 4 is 17.5 Å². The number of nitrogens with zero attached hydrogens (tertiary/aromatic N) is 4. The Kier molecular flexibility index (Phi) is 5.18. The molecule has 2 aromatic heterocycles. The first-order chi connectivity index (χ1) is 12.5. The fraction of sp³-hybridized carbons (Fsp3) is 0.222. The zero-order chi connectivity index (χ0) is 18.7. The molecular formula is C18H18ClN5O2. The van der Waals surface area contributed by atoms with Crippen LogP contribution < -0.4 is 5.32 Å². The van der Waals surface area contributed by atoms with Crippen molar-refractivity contribution in [2.45, 2.75) is 20.3 Å². The number of carbonyl (C=O) groups is 1. The number of aromatic hydroxyl groups is 1. The summed E-state index contributed by atoms with van der Waals surface area (Å²) in [4.78, 5) is 24.8. The molecule has 1 aromatic carbocycles. The Morgan fingerprint density at radius 2 is 2.04 bits per heavy atom. The summed E-state index contributed by atoms with van der Waals surface area (Å²) in [5.41, 5.74) is 1.89. The van der Waals surface area contributed by atoms with Gasteiger partial charge in [-0.1, -0.05) is 18.2 Å². The van der Waals surface area contributed by atoms with Crippen LogP contribution in [0.1, 0.15) is 27.4 Å². The van der Waals surface area contributed by atoms with Crippen LogP contribution in [0.25, 0.3) is 5.82 Å². The van der Waals surface area contributed by atoms with Gasteiger partial charge < -0.3 is 10.4 Å². The van der Waals surface area contributed by atoms with Crippen molar-refractivity contribution < 1.29 is 9.90 Å². The lowest BCUT2D eigenvalue weighted by Gasteiger charge is -2.07. The predicted octanol–water partition coefficient (Wildman–Crippen LogP) is 2.61. The number of benzene rings is 1. The Bertz CT molecular complexity index is 955. The first kappa shape index (κ1) is 17.9. The van der Waals surface area contributed by atoms with Gasteiger partial charge in [0.1, 0.15) is 23.1 Å². The highest BCUT2D eigenvalue weighted by Gasteiger charge is 2.15. The Hall–Kier alpha value is -2.93. The molecule has 0 fully saturated rings. The maximum absolute atomic E-state index is 12.4. The van der Waals surface area contributed by atoms with Gasteiger partial charge in [0.25, 0.3) is 5.91 Å². The highest BCUT2D eigenvalue weighted by Crippen LogP contribution is 2.17. The largest absolute Gasteiger partial charge is 0.508 e. The number of phenols is 1. The molecular weight excluding hydrogens is 354 g/mol. The number of imidazole rings is 1. The molecule has 26 heavy (non-hydrogen) atoms. The van der Waals surface area contributed by atoms with Crippen LogP contribution in [0.15, 0.2) is 36.7 Å². The number of halogens is 1. The quantitative estimate of drug-likeness (QED) is 0.672. The molecule has 0 radical (unpaired) electrons. The maximum Gasteiger partial charge on any atom is 0.271 e. The van der Waals surface area contributed by atoms with Crippen molar-refractivity contribution in [3.63, 3.8) is 0 Å². The molecule has 0 aliphatic carbocycles. The number of aryl methyl sites for hydroxylation is 2. The van der Waals surface area contributed by atoms with E-state index in [9.17, 15) is 9.90 Å². The van der Waals surface area contributed by atoms with E-state index in [2.05, 4.69) is 20.3 Å². The SMILES string of the molecule is Cc1cnc(Cl)nc1-n1cc(C(=O)NCCc2ccccc2O)nc1C. The smallest absolute Gasteiger partial charge is 0.271 e. The van der Waals surface area contributed by atoms with Crippen LogP contribution in [0.4, 0.5) is 0 Å². The third-order valence-corrected chi connectivity index (χ3v) is 4.11. The van der Waals surface area contributed by atoms with Gasteiger partial charge in [0, 0.05) is 24.5 Å². The van der Waals surface area contributed by atoms with Gasteiger partial charge in [0.05, 0.1) is 0 Å². The molecule has 8 heteroatoms. The van der Waals surface area contributed by atoms with Gasteiger partial charge in [-0.15, -0.1) is 0 Å². The standard InChI is InChI=1S/C18H18ClN5O2/c1-11-9-21-18(19)23-16(11)24-10-14(22-12(24)2)17(26)20-8-7-13-5-3-4-6-15(13)25/h3-6,9-10,25H,7-8H2,1-2H3,(H,20,26). The third-order valence-electron chi connectivity index (χ3n) is 3.93. The number of amides is 1. The van der Waals surface area contributed by atoms with Gasteiger partial charge in [-0.2, -0.15) is 4.98 Å². The second kappa shape index (κ2) is 7.53. The first-order valence-corrected chi connectivity index (χ1v) is 8.44. The summed E-state index contributed by atoms with van der Waals surface area (Å²) < 4.78 is 1.71. The average Bonchev–Trinajstić information content (AvgIpc) is 3.00. The highest BCUT2D eigenvalue weighted by molar-refractivity contribution is 6.28. The summed E-state index contributed by atoms with van der Waals surface area (Å²) in [5, 5.41) is 12.7. The molecule has 2 N–H and O–H groups in total. The van der Waals surface area contributed by atoms with E-state index in [1.54, 1.807) is 36.0 Å². The molecule has 0 bridgehead atoms. The van der Waals surface area contributed by atoms with Crippen molar-refractivity contribution in [2.75, 3.05) is 6.54 Å². The second-order valence-corrected chi connectivity index (χ2v) is 6.16. The fourth-order valence-electron chi connectivity index (χ4n) is 2.58. The van der Waals surface area contributed by atoms with Crippen LogP contribution in [0.2, 0.25) is 5.28 Å². The molecule has 7 nitrogen and oxygen atoms in total. The molecule has 3 rings (SSSR count). The lowest BCUT2D eigenvalue weighted by molar-refractivity contribution is 0.0949. The van der Waals surface area contributed by atoms with Gasteiger partial charge in [0.15, 0.2) is 0 Å². The minimum atomic E-state index is -0.292. The van der Waals surface area contributed by atoms with Crippen LogP contribution in [0.3, 0.4) is 0 Å². The van der Waals surface area contributed by atoms with E-state index >= 15 is 0 Å². The number of rotatable bonds is 5. The molecule has 3 aromatic rings. The fourth-order valence-corrected chi connectivity index (χ4v) is 2.71. The van der Waals surface area contributed by atoms with Gasteiger partial charge in [-0.05, 0) is 43.5 Å². The first-order valence-electron chi connectivity index (χ1n) is 8.06. The number of phenolic OH excluding ortho intramolecular Hbond substituents is 1. The van der Waals surface area contributed by atoms with Crippen molar-refractivity contribution in [3.8, 4) is 11.6 Å². The highest BCUT2D eigenvalue weighted by atomic mass is 35.5. The normalized spacial score (nSPS) is 10.7. The minimum Gasteiger partial charge on any atom is -0.508 e. The molecule has 134 valence electrons. The van der Waals surface area contributed by atoms with Crippen molar-refractivity contribution in [1.29, 1.82) is 0 Å². The Morgan fingerprint density at radius 1 is 1.27 bits per heavy atom. The van der Waals surface area contributed by atoms with E-state index in [0.29, 0.717) is 24.6 Å². The summed E-state index contributed by atoms with van der Waals surface area (Å²) in [7, 11) is 0. The summed E-state index contributed by atoms with van der Waals surface area (Å²) in [5.74, 6) is 1.13. The molecule has 0 atom stereocenters. The number of carbonyl (C=O) groups excluding carboxylic acids is 1. The molecule has 1 amide bonds. The predicted molar refractivity (Wildman–Crippen MR) is 97.8 cm³/mol. The minimum absolute atomic E-state index is 0.132. The summed E-state index contributed by atoms with van der Waals surface area (Å²) in [6, 6.07) is 7.05. The molecule has 0 saturated carbocycles. The van der Waals surface area contributed by atoms with Crippen molar-refractivity contribution in [2.24, 2.45) is 0 Å². The van der Waals surface area contributed by atoms with Crippen molar-refractivity contribution in [3.05, 3.63) is 64.6 Å². The van der Waals surface area contributed by atoms with E-state index in [0.717, 1.165) is 11.1 Å². The van der Waals surface area contributed by atoms with Crippen LogP contribution >= 0.6 is 11.6 Å². The number of hydrogen-bond donors (Lipinski definition) is 2. The molecule has 0 spiro atoms. The van der Waals surface area contributed by atoms with E-state index < -0.39 is 0 Å². The molecule has 0 unspecified atom stereocenters. The lowest BCUT2D eigenvalue weighted by Crippen LogP contribution is -2.26. The Morgan fingerprint density at radius 3 is 2.81 bits per heavy atom. The average molecular weight is 372 g/mol. The van der Waals surface area contributed by atoms with E-state index in [4.69, 9.17) is 11.6 Å². The molecule has 2 heterocycles. The van der Waals surface area contributed by atoms with Gasteiger partial charge >= 0.3 is 0 Å². The second-order valence-electron chi connectivity index (χ2n) is 5.82. The molecule has 0 aliphatic rings. The van der Waals surface area contributed by atoms with E-state index in [1.807, 2.05) is 19.1 Å². The third kappa shape index (κ3) is 3.83. The van der Waals surface area contributed by atoms with Gasteiger partial charge in [-0.3, -0.25) is 9.36 Å². The monoisotopic (exact) mass is 371 g/mol. The molecule has 0 saturated heterocycles. The lowest BCUT2D eigenvalue weighted by atomic mass is 10.1. The van der Waals surface area contributed by atoms with E-state index in [-0.39, 0.29) is 22.6 Å². The van der Waals surface area contributed by atoms with Crippen LogP contribution in [-0.2, 0) is 6.42 Å². The number of nitrogens with one attached hydrogen (secondary N) is 1. The van der Waals surface area contributed by atoms with Crippen LogP contribution in [-0.4, -0.2) is 37.1 Å². The topological polar surface area (TPSA) is 92.9 Å². The number of aromatic nitrogens is 4. The molecule has 0 aliphatic heterocycles. The number of hydrogen-bond acceptors (Lipinski definition) is 5. The summed E-state index contributed by atoms with van der Waals surface area (Å²) in [6.07, 6.45) is 3.77. The zero-order valence-electron chi connectivity index (χ0n) is 14.4. The zero-order valence-corrected chi connectivity index (χ0v) is 15.2. The summed E-state index contributed by atoms with van der Waals surface area (Å²) in [6.45, 7) is 4.03. The maximum atomic E-state index is 12.4. The van der Waals surface area contributed by atoms with Crippen LogP contribution in [0, 0.1) is 13.8 Å². The number of para-hydroxylation sites is 1. The Labute approximate surface area is 155 Å². The van der Waals surface area contributed by atoms with Gasteiger partial charge in [0.2, 0.25) is 5.28 Å². The van der Waals surface area contributed by atoms with E-state index in [1.165, 1.54) is 0 Å². The van der Waals surface area contributed by atoms with Crippen molar-refractivity contribution in [1.82, 2.24) is 24.8 Å². The van der Waals surface area contributed by atoms with Gasteiger partial charge in [-0.25, -0.2) is 9.97 Å². The Balaban J connectivity index is 1.71. The van der Waals surface area contributed by atoms with Crippen LogP contribution in [0.5, 0.6) is 5.75 Å². The summed E-state index contributed by atoms with van der Waals surface area (Å²) >= 11 is 5.87.